The largest absolute Gasteiger partial charge is 0.465 e. The summed E-state index contributed by atoms with van der Waals surface area (Å²) in [5.74, 6) is 0.275. The van der Waals surface area contributed by atoms with Crippen LogP contribution in [0.2, 0.25) is 0 Å². The molecule has 168 valence electrons. The molecule has 0 N–H and O–H groups in total. The van der Waals surface area contributed by atoms with Crippen LogP contribution < -0.4 is 0 Å². The minimum atomic E-state index is -0.0832. The lowest BCUT2D eigenvalue weighted by molar-refractivity contribution is -0.151. The normalized spacial score (nSPS) is 12.7. The van der Waals surface area contributed by atoms with Crippen LogP contribution in [0.25, 0.3) is 0 Å². The molecule has 0 heterocycles. The van der Waals surface area contributed by atoms with Gasteiger partial charge in [-0.2, -0.15) is 0 Å². The van der Waals surface area contributed by atoms with Gasteiger partial charge in [0.05, 0.1) is 6.61 Å². The highest BCUT2D eigenvalue weighted by Gasteiger charge is 2.29. The van der Waals surface area contributed by atoms with Gasteiger partial charge in [-0.15, -0.1) is 0 Å². The maximum Gasteiger partial charge on any atom is 0.323 e. The number of carbonyl (C=O) groups is 1. The van der Waals surface area contributed by atoms with Gasteiger partial charge >= 0.3 is 5.97 Å². The van der Waals surface area contributed by atoms with Crippen LogP contribution in [0.1, 0.15) is 125 Å². The maximum atomic E-state index is 12.6. The summed E-state index contributed by atoms with van der Waals surface area (Å²) in [4.78, 5) is 15.0. The molecule has 0 radical (unpaired) electrons. The molecule has 1 unspecified atom stereocenters. The molecule has 0 aliphatic rings. The van der Waals surface area contributed by atoms with Crippen molar-refractivity contribution < 1.29 is 9.53 Å². The van der Waals surface area contributed by atoms with E-state index in [-0.39, 0.29) is 12.0 Å². The summed E-state index contributed by atoms with van der Waals surface area (Å²) in [7, 11) is 0. The highest BCUT2D eigenvalue weighted by Crippen LogP contribution is 2.17. The molecule has 0 aromatic carbocycles. The van der Waals surface area contributed by atoms with Crippen molar-refractivity contribution in [2.75, 3.05) is 19.7 Å². The van der Waals surface area contributed by atoms with Gasteiger partial charge in [0.2, 0.25) is 0 Å². The first-order valence-electron chi connectivity index (χ1n) is 12.5. The van der Waals surface area contributed by atoms with Crippen LogP contribution in [0.3, 0.4) is 0 Å². The van der Waals surface area contributed by atoms with Gasteiger partial charge in [0.25, 0.3) is 0 Å². The minimum absolute atomic E-state index is 0.0246. The topological polar surface area (TPSA) is 29.5 Å². The van der Waals surface area contributed by atoms with Gasteiger partial charge in [-0.25, -0.2) is 0 Å². The molecule has 0 aromatic rings. The second kappa shape index (κ2) is 19.7. The zero-order valence-corrected chi connectivity index (χ0v) is 19.9. The van der Waals surface area contributed by atoms with Gasteiger partial charge in [0.15, 0.2) is 0 Å². The second-order valence-corrected chi connectivity index (χ2v) is 8.72. The monoisotopic (exact) mass is 397 g/mol. The van der Waals surface area contributed by atoms with Gasteiger partial charge < -0.3 is 4.74 Å². The molecule has 0 saturated carbocycles. The van der Waals surface area contributed by atoms with Crippen molar-refractivity contribution in [2.24, 2.45) is 5.92 Å². The maximum absolute atomic E-state index is 12.6. The Morgan fingerprint density at radius 1 is 0.679 bits per heavy atom. The lowest BCUT2D eigenvalue weighted by Crippen LogP contribution is -2.46. The number of unbranched alkanes of at least 4 members (excludes halogenated alkanes) is 12. The van der Waals surface area contributed by atoms with E-state index in [0.717, 1.165) is 13.1 Å². The number of rotatable bonds is 20. The molecular weight excluding hydrogens is 346 g/mol. The van der Waals surface area contributed by atoms with E-state index in [9.17, 15) is 4.79 Å². The molecule has 0 rings (SSSR count). The Balaban J connectivity index is 4.44. The molecule has 28 heavy (non-hydrogen) atoms. The van der Waals surface area contributed by atoms with Crippen molar-refractivity contribution in [1.29, 1.82) is 0 Å². The molecule has 3 nitrogen and oxygen atoms in total. The van der Waals surface area contributed by atoms with Gasteiger partial charge in [-0.3, -0.25) is 9.69 Å². The summed E-state index contributed by atoms with van der Waals surface area (Å²) in [6.07, 6.45) is 18.4. The lowest BCUT2D eigenvalue weighted by Gasteiger charge is -2.32. The van der Waals surface area contributed by atoms with Crippen LogP contribution in [0.5, 0.6) is 0 Å². The zero-order chi connectivity index (χ0) is 21.0. The molecule has 0 saturated heterocycles. The third-order valence-electron chi connectivity index (χ3n) is 5.65. The molecule has 1 atom stereocenters. The average Bonchev–Trinajstić information content (AvgIpc) is 2.66. The van der Waals surface area contributed by atoms with Crippen LogP contribution in [0.4, 0.5) is 0 Å². The number of esters is 1. The van der Waals surface area contributed by atoms with E-state index in [1.807, 2.05) is 6.92 Å². The molecule has 0 aliphatic carbocycles. The number of hydrogen-bond donors (Lipinski definition) is 0. The Kier molecular flexibility index (Phi) is 19.3. The van der Waals surface area contributed by atoms with E-state index >= 15 is 0 Å². The Hall–Kier alpha value is -0.570. The van der Waals surface area contributed by atoms with E-state index in [0.29, 0.717) is 12.5 Å². The fourth-order valence-corrected chi connectivity index (χ4v) is 4.00. The number of carbonyl (C=O) groups excluding carboxylic acids is 1. The first-order chi connectivity index (χ1) is 13.6. The van der Waals surface area contributed by atoms with Crippen molar-refractivity contribution >= 4 is 5.97 Å². The van der Waals surface area contributed by atoms with Crippen LogP contribution in [-0.2, 0) is 9.53 Å². The number of ether oxygens (including phenoxy) is 1. The SMILES string of the molecule is CCCCCCCCCN(CCCCCCCCC)C(C(=O)OCC)C(C)C. The van der Waals surface area contributed by atoms with Crippen molar-refractivity contribution in [1.82, 2.24) is 4.90 Å². The summed E-state index contributed by atoms with van der Waals surface area (Å²) in [5.41, 5.74) is 0. The van der Waals surface area contributed by atoms with Crippen molar-refractivity contribution in [3.05, 3.63) is 0 Å². The number of hydrogen-bond acceptors (Lipinski definition) is 3. The molecule has 0 amide bonds. The van der Waals surface area contributed by atoms with Crippen LogP contribution in [0, 0.1) is 5.92 Å². The standard InChI is InChI=1S/C25H51NO2/c1-6-9-11-13-15-17-19-21-26(22-20-18-16-14-12-10-7-2)24(23(4)5)25(27)28-8-3/h23-24H,6-22H2,1-5H3. The Labute approximate surface area is 177 Å². The number of nitrogens with zero attached hydrogens (tertiary/aromatic N) is 1. The Bertz CT molecular complexity index is 325. The molecule has 0 aliphatic heterocycles. The lowest BCUT2D eigenvalue weighted by atomic mass is 10.0. The quantitative estimate of drug-likeness (QED) is 0.158. The fourth-order valence-electron chi connectivity index (χ4n) is 4.00. The molecule has 0 bridgehead atoms. The zero-order valence-electron chi connectivity index (χ0n) is 19.9. The van der Waals surface area contributed by atoms with E-state index in [1.54, 1.807) is 0 Å². The van der Waals surface area contributed by atoms with E-state index in [1.165, 1.54) is 89.9 Å². The van der Waals surface area contributed by atoms with E-state index < -0.39 is 0 Å². The van der Waals surface area contributed by atoms with Crippen molar-refractivity contribution in [3.8, 4) is 0 Å². The van der Waals surface area contributed by atoms with Crippen molar-refractivity contribution in [3.63, 3.8) is 0 Å². The molecule has 0 spiro atoms. The first kappa shape index (κ1) is 27.4. The van der Waals surface area contributed by atoms with Gasteiger partial charge in [-0.05, 0) is 38.8 Å². The van der Waals surface area contributed by atoms with Crippen LogP contribution in [-0.4, -0.2) is 36.6 Å². The molecule has 0 aromatic heterocycles. The summed E-state index contributed by atoms with van der Waals surface area (Å²) < 4.78 is 5.41. The van der Waals surface area contributed by atoms with E-state index in [4.69, 9.17) is 4.74 Å². The third kappa shape index (κ3) is 14.4. The van der Waals surface area contributed by atoms with Crippen LogP contribution >= 0.6 is 0 Å². The highest BCUT2D eigenvalue weighted by atomic mass is 16.5. The second-order valence-electron chi connectivity index (χ2n) is 8.72. The Morgan fingerprint density at radius 3 is 1.43 bits per heavy atom. The molecule has 0 fully saturated rings. The van der Waals surface area contributed by atoms with Gasteiger partial charge in [-0.1, -0.05) is 105 Å². The van der Waals surface area contributed by atoms with Gasteiger partial charge in [0, 0.05) is 0 Å². The average molecular weight is 398 g/mol. The summed E-state index contributed by atoms with van der Waals surface area (Å²) >= 11 is 0. The Morgan fingerprint density at radius 2 is 1.07 bits per heavy atom. The van der Waals surface area contributed by atoms with Crippen LogP contribution in [0.15, 0.2) is 0 Å². The summed E-state index contributed by atoms with van der Waals surface area (Å²) in [5, 5.41) is 0. The summed E-state index contributed by atoms with van der Waals surface area (Å²) in [6, 6.07) is -0.0832. The minimum Gasteiger partial charge on any atom is -0.465 e. The molecule has 3 heteroatoms. The molecular formula is C25H51NO2. The highest BCUT2D eigenvalue weighted by molar-refractivity contribution is 5.76. The first-order valence-corrected chi connectivity index (χ1v) is 12.5. The third-order valence-corrected chi connectivity index (χ3v) is 5.65. The van der Waals surface area contributed by atoms with Gasteiger partial charge in [0.1, 0.15) is 6.04 Å². The smallest absolute Gasteiger partial charge is 0.323 e. The van der Waals surface area contributed by atoms with Crippen molar-refractivity contribution in [2.45, 2.75) is 131 Å². The van der Waals surface area contributed by atoms with E-state index in [2.05, 4.69) is 32.6 Å². The predicted octanol–water partition coefficient (Wildman–Crippen LogP) is 7.38. The summed E-state index contributed by atoms with van der Waals surface area (Å²) in [6.45, 7) is 13.3. The predicted molar refractivity (Wildman–Crippen MR) is 123 cm³/mol. The fraction of sp³-hybridized carbons (Fsp3) is 0.960.